The van der Waals surface area contributed by atoms with Crippen molar-refractivity contribution in [2.75, 3.05) is 12.4 Å². The first-order valence-corrected chi connectivity index (χ1v) is 14.0. The number of nitrogens with one attached hydrogen (secondary N) is 1. The number of benzene rings is 2. The van der Waals surface area contributed by atoms with Crippen LogP contribution in [-0.2, 0) is 10.3 Å². The molecule has 3 aromatic rings. The van der Waals surface area contributed by atoms with Gasteiger partial charge in [-0.15, -0.1) is 0 Å². The maximum Gasteiger partial charge on any atom is 0.407 e. The van der Waals surface area contributed by atoms with Gasteiger partial charge in [-0.1, -0.05) is 54.6 Å². The first kappa shape index (κ1) is 27.8. The molecule has 0 atom stereocenters. The van der Waals surface area contributed by atoms with Gasteiger partial charge in [0.25, 0.3) is 0 Å². The molecule has 2 aromatic carbocycles. The minimum Gasteiger partial charge on any atom is -0.465 e. The zero-order valence-corrected chi connectivity index (χ0v) is 23.1. The molecule has 2 aliphatic carbocycles. The van der Waals surface area contributed by atoms with Gasteiger partial charge in [-0.25, -0.2) is 9.78 Å². The van der Waals surface area contributed by atoms with Crippen LogP contribution in [0.5, 0.6) is 0 Å². The minimum absolute atomic E-state index is 0.0208. The monoisotopic (exact) mass is 542 g/mol. The molecule has 1 heterocycles. The van der Waals surface area contributed by atoms with Crippen molar-refractivity contribution in [1.82, 2.24) is 9.88 Å². The van der Waals surface area contributed by atoms with Crippen LogP contribution >= 0.6 is 0 Å². The molecule has 8 nitrogen and oxygen atoms in total. The molecule has 0 spiro atoms. The standard InChI is InChI=1S/C32H38N4O4/c1-31(40)19-32(33,20-31)24-12-10-23(11-13-24)27-18-34-28(17-26(27)22-6-4-3-5-7-22)35-29(37)16-21-8-14-25(15-9-21)36(2)30(38)39/h3-7,10-13,17-18,21,25,40H,8-9,14-16,19-20,33H2,1-2H3,(H,38,39)(H,34,35,37)/t21?,25?,31-,32-. The van der Waals surface area contributed by atoms with Crippen molar-refractivity contribution in [3.05, 3.63) is 72.4 Å². The van der Waals surface area contributed by atoms with Gasteiger partial charge in [0, 0.05) is 36.8 Å². The third-order valence-corrected chi connectivity index (χ3v) is 8.56. The van der Waals surface area contributed by atoms with Crippen LogP contribution in [0.15, 0.2) is 66.9 Å². The van der Waals surface area contributed by atoms with Crippen LogP contribution < -0.4 is 11.1 Å². The van der Waals surface area contributed by atoms with Crippen LogP contribution in [0.1, 0.15) is 57.4 Å². The molecule has 0 saturated heterocycles. The zero-order valence-electron chi connectivity index (χ0n) is 23.1. The Hall–Kier alpha value is -3.75. The van der Waals surface area contributed by atoms with Crippen LogP contribution in [-0.4, -0.2) is 50.8 Å². The third-order valence-electron chi connectivity index (χ3n) is 8.56. The molecule has 2 fully saturated rings. The number of hydrogen-bond donors (Lipinski definition) is 4. The lowest BCUT2D eigenvalue weighted by Gasteiger charge is -2.49. The Kier molecular flexibility index (Phi) is 7.66. The highest BCUT2D eigenvalue weighted by Gasteiger charge is 2.49. The summed E-state index contributed by atoms with van der Waals surface area (Å²) in [4.78, 5) is 30.1. The lowest BCUT2D eigenvalue weighted by molar-refractivity contribution is -0.117. The Morgan fingerprint density at radius 2 is 1.62 bits per heavy atom. The topological polar surface area (TPSA) is 129 Å². The second-order valence-electron chi connectivity index (χ2n) is 11.9. The van der Waals surface area contributed by atoms with Crippen molar-refractivity contribution in [2.45, 2.75) is 69.1 Å². The van der Waals surface area contributed by atoms with Gasteiger partial charge in [-0.2, -0.15) is 0 Å². The zero-order chi connectivity index (χ0) is 28.5. The number of carboxylic acid groups (broad SMARTS) is 1. The van der Waals surface area contributed by atoms with Crippen molar-refractivity contribution in [3.63, 3.8) is 0 Å². The number of amides is 2. The van der Waals surface area contributed by atoms with E-state index in [0.717, 1.165) is 53.5 Å². The normalized spacial score (nSPS) is 26.0. The van der Waals surface area contributed by atoms with Crippen LogP contribution in [0.25, 0.3) is 22.3 Å². The van der Waals surface area contributed by atoms with Gasteiger partial charge < -0.3 is 26.2 Å². The van der Waals surface area contributed by atoms with Gasteiger partial charge in [-0.3, -0.25) is 4.79 Å². The fourth-order valence-corrected chi connectivity index (χ4v) is 6.45. The number of anilines is 1. The number of rotatable bonds is 7. The molecule has 2 aliphatic rings. The van der Waals surface area contributed by atoms with E-state index in [1.807, 2.05) is 67.6 Å². The first-order chi connectivity index (χ1) is 19.0. The van der Waals surface area contributed by atoms with Crippen molar-refractivity contribution in [3.8, 4) is 22.3 Å². The maximum atomic E-state index is 12.9. The average Bonchev–Trinajstić information content (AvgIpc) is 2.92. The molecular formula is C32H38N4O4. The first-order valence-electron chi connectivity index (χ1n) is 14.0. The summed E-state index contributed by atoms with van der Waals surface area (Å²) in [6.07, 6.45) is 5.55. The van der Waals surface area contributed by atoms with E-state index in [9.17, 15) is 19.8 Å². The van der Waals surface area contributed by atoms with E-state index >= 15 is 0 Å². The lowest BCUT2D eigenvalue weighted by Crippen LogP contribution is -2.58. The van der Waals surface area contributed by atoms with Crippen LogP contribution in [0.2, 0.25) is 0 Å². The van der Waals surface area contributed by atoms with Gasteiger partial charge in [0.05, 0.1) is 5.60 Å². The highest BCUT2D eigenvalue weighted by atomic mass is 16.4. The molecule has 0 bridgehead atoms. The summed E-state index contributed by atoms with van der Waals surface area (Å²) >= 11 is 0. The van der Waals surface area contributed by atoms with E-state index in [0.29, 0.717) is 25.1 Å². The molecule has 5 rings (SSSR count). The number of aliphatic hydroxyl groups is 1. The predicted molar refractivity (Wildman–Crippen MR) is 156 cm³/mol. The van der Waals surface area contributed by atoms with E-state index < -0.39 is 17.2 Å². The maximum absolute atomic E-state index is 12.9. The second-order valence-corrected chi connectivity index (χ2v) is 11.9. The Balaban J connectivity index is 1.30. The van der Waals surface area contributed by atoms with Crippen LogP contribution in [0.3, 0.4) is 0 Å². The highest BCUT2D eigenvalue weighted by molar-refractivity contribution is 5.92. The fraction of sp³-hybridized carbons (Fsp3) is 0.406. The summed E-state index contributed by atoms with van der Waals surface area (Å²) in [5.41, 5.74) is 10.2. The number of nitrogens with zero attached hydrogens (tertiary/aromatic N) is 2. The van der Waals surface area contributed by atoms with Gasteiger partial charge >= 0.3 is 6.09 Å². The lowest BCUT2D eigenvalue weighted by atomic mass is 9.63. The summed E-state index contributed by atoms with van der Waals surface area (Å²) in [7, 11) is 1.61. The summed E-state index contributed by atoms with van der Waals surface area (Å²) in [5, 5.41) is 22.4. The van der Waals surface area contributed by atoms with Gasteiger partial charge in [0.1, 0.15) is 5.82 Å². The predicted octanol–water partition coefficient (Wildman–Crippen LogP) is 5.61. The van der Waals surface area contributed by atoms with Gasteiger partial charge in [0.15, 0.2) is 0 Å². The number of carbonyl (C=O) groups is 2. The van der Waals surface area contributed by atoms with Crippen molar-refractivity contribution in [1.29, 1.82) is 0 Å². The summed E-state index contributed by atoms with van der Waals surface area (Å²) in [6, 6.07) is 20.1. The summed E-state index contributed by atoms with van der Waals surface area (Å²) in [5.74, 6) is 0.652. The summed E-state index contributed by atoms with van der Waals surface area (Å²) < 4.78 is 0. The highest BCUT2D eigenvalue weighted by Crippen LogP contribution is 2.46. The summed E-state index contributed by atoms with van der Waals surface area (Å²) in [6.45, 7) is 1.82. The SMILES string of the molecule is CN(C(=O)O)C1CCC(CC(=O)Nc2cc(-c3ccccc3)c(-c3ccc([C@]4(N)C[C@](C)(O)C4)cc3)cn2)CC1. The molecule has 8 heteroatoms. The molecule has 0 unspecified atom stereocenters. The van der Waals surface area contributed by atoms with Crippen molar-refractivity contribution >= 4 is 17.8 Å². The van der Waals surface area contributed by atoms with Gasteiger partial charge in [0.2, 0.25) is 5.91 Å². The molecule has 0 radical (unpaired) electrons. The third kappa shape index (κ3) is 6.03. The van der Waals surface area contributed by atoms with E-state index in [1.54, 1.807) is 13.2 Å². The molecule has 40 heavy (non-hydrogen) atoms. The second kappa shape index (κ2) is 11.0. The molecule has 1 aromatic heterocycles. The Morgan fingerprint density at radius 3 is 2.23 bits per heavy atom. The van der Waals surface area contributed by atoms with Crippen molar-refractivity contribution in [2.24, 2.45) is 11.7 Å². The number of aromatic nitrogens is 1. The largest absolute Gasteiger partial charge is 0.465 e. The average molecular weight is 543 g/mol. The van der Waals surface area contributed by atoms with E-state index in [-0.39, 0.29) is 17.9 Å². The van der Waals surface area contributed by atoms with E-state index in [2.05, 4.69) is 10.3 Å². The van der Waals surface area contributed by atoms with Crippen LogP contribution in [0.4, 0.5) is 10.6 Å². The number of nitrogens with two attached hydrogens (primary N) is 1. The number of hydrogen-bond acceptors (Lipinski definition) is 5. The molecule has 5 N–H and O–H groups in total. The number of pyridine rings is 1. The van der Waals surface area contributed by atoms with E-state index in [1.165, 1.54) is 4.90 Å². The Bertz CT molecular complexity index is 1360. The van der Waals surface area contributed by atoms with Gasteiger partial charge in [-0.05, 0) is 79.7 Å². The van der Waals surface area contributed by atoms with Crippen molar-refractivity contribution < 1.29 is 19.8 Å². The molecule has 2 amide bonds. The van der Waals surface area contributed by atoms with E-state index in [4.69, 9.17) is 5.73 Å². The Labute approximate surface area is 235 Å². The van der Waals surface area contributed by atoms with Crippen LogP contribution in [0, 0.1) is 5.92 Å². The smallest absolute Gasteiger partial charge is 0.407 e. The minimum atomic E-state index is -0.906. The Morgan fingerprint density at radius 1 is 1.00 bits per heavy atom. The molecule has 2 saturated carbocycles. The fourth-order valence-electron chi connectivity index (χ4n) is 6.45. The number of carbonyl (C=O) groups excluding carboxylic acids is 1. The molecular weight excluding hydrogens is 504 g/mol. The quantitative estimate of drug-likeness (QED) is 0.307. The molecule has 210 valence electrons. The molecule has 0 aliphatic heterocycles.